The van der Waals surface area contributed by atoms with E-state index in [9.17, 15) is 9.59 Å². The lowest BCUT2D eigenvalue weighted by atomic mass is 10.1. The minimum absolute atomic E-state index is 0.0923. The normalized spacial score (nSPS) is 11.8. The van der Waals surface area contributed by atoms with Crippen molar-refractivity contribution >= 4 is 22.8 Å². The van der Waals surface area contributed by atoms with Crippen LogP contribution in [0.2, 0.25) is 0 Å². The van der Waals surface area contributed by atoms with E-state index >= 15 is 0 Å². The molecule has 0 spiro atoms. The van der Waals surface area contributed by atoms with Crippen LogP contribution in [0.1, 0.15) is 23.1 Å². The second kappa shape index (κ2) is 10.8. The van der Waals surface area contributed by atoms with E-state index in [2.05, 4.69) is 15.6 Å². The molecule has 188 valence electrons. The number of methoxy groups -OCH3 is 1. The van der Waals surface area contributed by atoms with Crippen LogP contribution in [0.15, 0.2) is 94.2 Å². The van der Waals surface area contributed by atoms with Crippen LogP contribution in [0.25, 0.3) is 11.0 Å². The van der Waals surface area contributed by atoms with Gasteiger partial charge in [0.1, 0.15) is 29.3 Å². The van der Waals surface area contributed by atoms with E-state index in [0.717, 1.165) is 5.56 Å². The van der Waals surface area contributed by atoms with Gasteiger partial charge >= 0.3 is 0 Å². The van der Waals surface area contributed by atoms with Gasteiger partial charge < -0.3 is 23.8 Å². The summed E-state index contributed by atoms with van der Waals surface area (Å²) < 4.78 is 18.0. The SMILES string of the molecule is COc1ccccc1CN(C(=O)Cn1nnc2ccccc21)[C@H](C(=O)NCc1ccco1)c1ccco1. The number of furan rings is 2. The molecule has 3 aromatic heterocycles. The van der Waals surface area contributed by atoms with Gasteiger partial charge in [-0.25, -0.2) is 4.68 Å². The molecule has 0 saturated carbocycles. The summed E-state index contributed by atoms with van der Waals surface area (Å²) in [5.74, 6) is 0.738. The van der Waals surface area contributed by atoms with E-state index < -0.39 is 11.9 Å². The zero-order valence-corrected chi connectivity index (χ0v) is 20.1. The first kappa shape index (κ1) is 23.9. The fourth-order valence-corrected chi connectivity index (χ4v) is 4.15. The summed E-state index contributed by atoms with van der Waals surface area (Å²) in [6, 6.07) is 20.5. The van der Waals surface area contributed by atoms with Crippen molar-refractivity contribution in [3.63, 3.8) is 0 Å². The maximum atomic E-state index is 13.9. The Bertz CT molecular complexity index is 1480. The number of para-hydroxylation sites is 2. The van der Waals surface area contributed by atoms with E-state index in [4.69, 9.17) is 13.6 Å². The van der Waals surface area contributed by atoms with Crippen molar-refractivity contribution in [2.24, 2.45) is 0 Å². The lowest BCUT2D eigenvalue weighted by molar-refractivity contribution is -0.143. The number of nitrogens with zero attached hydrogens (tertiary/aromatic N) is 4. The fraction of sp³-hybridized carbons (Fsp3) is 0.185. The van der Waals surface area contributed by atoms with Crippen molar-refractivity contribution < 1.29 is 23.2 Å². The summed E-state index contributed by atoms with van der Waals surface area (Å²) in [6.45, 7) is 0.126. The molecule has 1 atom stereocenters. The van der Waals surface area contributed by atoms with Gasteiger partial charge in [0.2, 0.25) is 5.91 Å². The molecule has 0 saturated heterocycles. The van der Waals surface area contributed by atoms with E-state index in [1.165, 1.54) is 22.1 Å². The number of nitrogens with one attached hydrogen (secondary N) is 1. The van der Waals surface area contributed by atoms with Crippen LogP contribution in [0.3, 0.4) is 0 Å². The molecule has 2 amide bonds. The topological polar surface area (TPSA) is 116 Å². The number of benzene rings is 2. The molecule has 2 aromatic carbocycles. The molecule has 0 unspecified atom stereocenters. The Morgan fingerprint density at radius 1 is 1.00 bits per heavy atom. The molecule has 0 aliphatic rings. The molecule has 1 N–H and O–H groups in total. The van der Waals surface area contributed by atoms with Gasteiger partial charge in [0, 0.05) is 5.56 Å². The van der Waals surface area contributed by atoms with Gasteiger partial charge in [0.25, 0.3) is 5.91 Å². The highest BCUT2D eigenvalue weighted by atomic mass is 16.5. The quantitative estimate of drug-likeness (QED) is 0.311. The molecule has 0 fully saturated rings. The average molecular weight is 500 g/mol. The van der Waals surface area contributed by atoms with Crippen LogP contribution in [0, 0.1) is 0 Å². The monoisotopic (exact) mass is 499 g/mol. The van der Waals surface area contributed by atoms with Crippen molar-refractivity contribution in [1.29, 1.82) is 0 Å². The summed E-state index contributed by atoms with van der Waals surface area (Å²) in [4.78, 5) is 28.9. The highest BCUT2D eigenvalue weighted by Gasteiger charge is 2.34. The molecule has 0 radical (unpaired) electrons. The second-order valence-corrected chi connectivity index (χ2v) is 8.28. The molecular formula is C27H25N5O5. The minimum atomic E-state index is -1.06. The molecule has 5 rings (SSSR count). The zero-order chi connectivity index (χ0) is 25.6. The Morgan fingerprint density at radius 3 is 2.57 bits per heavy atom. The van der Waals surface area contributed by atoms with E-state index in [1.54, 1.807) is 31.4 Å². The largest absolute Gasteiger partial charge is 0.496 e. The summed E-state index contributed by atoms with van der Waals surface area (Å²) in [5.41, 5.74) is 2.12. The predicted molar refractivity (Wildman–Crippen MR) is 133 cm³/mol. The molecule has 10 heteroatoms. The maximum absolute atomic E-state index is 13.9. The van der Waals surface area contributed by atoms with Crippen LogP contribution < -0.4 is 10.1 Å². The minimum Gasteiger partial charge on any atom is -0.496 e. The number of hydrogen-bond donors (Lipinski definition) is 1. The van der Waals surface area contributed by atoms with Gasteiger partial charge in [0.05, 0.1) is 38.2 Å². The van der Waals surface area contributed by atoms with Gasteiger partial charge in [-0.1, -0.05) is 35.5 Å². The molecule has 0 aliphatic heterocycles. The van der Waals surface area contributed by atoms with Crippen molar-refractivity contribution in [1.82, 2.24) is 25.2 Å². The summed E-state index contributed by atoms with van der Waals surface area (Å²) in [7, 11) is 1.56. The number of ether oxygens (including phenoxy) is 1. The van der Waals surface area contributed by atoms with Crippen LogP contribution in [-0.4, -0.2) is 38.8 Å². The fourth-order valence-electron chi connectivity index (χ4n) is 4.15. The maximum Gasteiger partial charge on any atom is 0.251 e. The smallest absolute Gasteiger partial charge is 0.251 e. The third-order valence-corrected chi connectivity index (χ3v) is 5.95. The number of carbonyl (C=O) groups excluding carboxylic acids is 2. The highest BCUT2D eigenvalue weighted by Crippen LogP contribution is 2.28. The van der Waals surface area contributed by atoms with Gasteiger partial charge in [-0.2, -0.15) is 0 Å². The lowest BCUT2D eigenvalue weighted by Crippen LogP contribution is -2.44. The molecule has 0 bridgehead atoms. The third-order valence-electron chi connectivity index (χ3n) is 5.95. The van der Waals surface area contributed by atoms with Gasteiger partial charge in [-0.05, 0) is 42.5 Å². The van der Waals surface area contributed by atoms with Gasteiger partial charge in [-0.15, -0.1) is 5.10 Å². The Hall–Kier alpha value is -4.86. The zero-order valence-electron chi connectivity index (χ0n) is 20.1. The number of carbonyl (C=O) groups is 2. The predicted octanol–water partition coefficient (Wildman–Crippen LogP) is 3.71. The van der Waals surface area contributed by atoms with Crippen LogP contribution in [0.5, 0.6) is 5.75 Å². The number of amides is 2. The van der Waals surface area contributed by atoms with E-state index in [1.807, 2.05) is 48.5 Å². The number of hydrogen-bond acceptors (Lipinski definition) is 7. The third kappa shape index (κ3) is 5.22. The van der Waals surface area contributed by atoms with Crippen LogP contribution >= 0.6 is 0 Å². The molecule has 10 nitrogen and oxygen atoms in total. The average Bonchev–Trinajstić information content (AvgIpc) is 3.71. The lowest BCUT2D eigenvalue weighted by Gasteiger charge is -2.30. The molecule has 37 heavy (non-hydrogen) atoms. The van der Waals surface area contributed by atoms with Crippen LogP contribution in [-0.2, 0) is 29.2 Å². The van der Waals surface area contributed by atoms with Crippen molar-refractivity contribution in [2.45, 2.75) is 25.7 Å². The van der Waals surface area contributed by atoms with Crippen molar-refractivity contribution in [3.05, 3.63) is 102 Å². The summed E-state index contributed by atoms with van der Waals surface area (Å²) in [5, 5.41) is 11.2. The highest BCUT2D eigenvalue weighted by molar-refractivity contribution is 5.88. The number of aromatic nitrogens is 3. The number of rotatable bonds is 10. The molecular weight excluding hydrogens is 474 g/mol. The van der Waals surface area contributed by atoms with E-state index in [0.29, 0.717) is 28.3 Å². The molecule has 3 heterocycles. The van der Waals surface area contributed by atoms with Crippen LogP contribution in [0.4, 0.5) is 0 Å². The van der Waals surface area contributed by atoms with Gasteiger partial charge in [-0.3, -0.25) is 9.59 Å². The molecule has 0 aliphatic carbocycles. The Kier molecular flexibility index (Phi) is 6.98. The van der Waals surface area contributed by atoms with E-state index in [-0.39, 0.29) is 25.5 Å². The Balaban J connectivity index is 1.50. The Labute approximate surface area is 212 Å². The van der Waals surface area contributed by atoms with Gasteiger partial charge in [0.15, 0.2) is 6.04 Å². The summed E-state index contributed by atoms with van der Waals surface area (Å²) >= 11 is 0. The first-order valence-corrected chi connectivity index (χ1v) is 11.7. The Morgan fingerprint density at radius 2 is 1.78 bits per heavy atom. The van der Waals surface area contributed by atoms with Crippen molar-refractivity contribution in [3.8, 4) is 5.75 Å². The second-order valence-electron chi connectivity index (χ2n) is 8.28. The van der Waals surface area contributed by atoms with Crippen molar-refractivity contribution in [2.75, 3.05) is 7.11 Å². The number of fused-ring (bicyclic) bond motifs is 1. The first-order chi connectivity index (χ1) is 18.1. The summed E-state index contributed by atoms with van der Waals surface area (Å²) in [6.07, 6.45) is 3.00. The first-order valence-electron chi connectivity index (χ1n) is 11.7. The standard InChI is InChI=1S/C27H25N5O5/c1-35-23-12-5-2-8-19(23)17-31(25(33)18-32-22-11-4-3-10-21(22)29-30-32)26(24-13-7-15-37-24)27(34)28-16-20-9-6-14-36-20/h2-15,26H,16-18H2,1H3,(H,28,34)/t26-/m0/s1. The molecule has 5 aromatic rings.